The number of para-hydroxylation sites is 4. The van der Waals surface area contributed by atoms with E-state index in [1.807, 2.05) is 54.6 Å². The van der Waals surface area contributed by atoms with E-state index in [2.05, 4.69) is 181 Å². The van der Waals surface area contributed by atoms with Crippen molar-refractivity contribution in [1.82, 2.24) is 9.13 Å². The van der Waals surface area contributed by atoms with Crippen molar-refractivity contribution in [2.45, 2.75) is 6.92 Å². The maximum atomic E-state index is 9.43. The van der Waals surface area contributed by atoms with Gasteiger partial charge in [-0.1, -0.05) is 153 Å². The number of nitrogens with zero attached hydrogens (tertiary/aromatic N) is 2. The van der Waals surface area contributed by atoms with Gasteiger partial charge in [0.05, 0.1) is 22.1 Å². The number of halogens is 2. The van der Waals surface area contributed by atoms with Crippen LogP contribution in [0.2, 0.25) is 0 Å². The minimum absolute atomic E-state index is 0.503. The fraction of sp³-hybridized carbons (Fsp3) is 0.0204. The average molecular weight is 856 g/mol. The quantitative estimate of drug-likeness (QED) is 0.173. The van der Waals surface area contributed by atoms with E-state index in [1.54, 1.807) is 6.07 Å². The van der Waals surface area contributed by atoms with Crippen LogP contribution in [-0.4, -0.2) is 26.3 Å². The number of hydrogen-bond acceptors (Lipinski definition) is 2. The molecule has 56 heavy (non-hydrogen) atoms. The van der Waals surface area contributed by atoms with Crippen LogP contribution in [0.5, 0.6) is 0 Å². The fourth-order valence-corrected chi connectivity index (χ4v) is 7.72. The second-order valence-electron chi connectivity index (χ2n) is 13.6. The highest BCUT2D eigenvalue weighted by molar-refractivity contribution is 9.10. The van der Waals surface area contributed by atoms with Crippen molar-refractivity contribution in [2.24, 2.45) is 0 Å². The van der Waals surface area contributed by atoms with Gasteiger partial charge in [0, 0.05) is 41.9 Å². The average Bonchev–Trinajstić information content (AvgIpc) is 3.75. The van der Waals surface area contributed by atoms with Crippen molar-refractivity contribution in [1.29, 1.82) is 0 Å². The molecule has 0 aliphatic carbocycles. The van der Waals surface area contributed by atoms with Gasteiger partial charge < -0.3 is 19.2 Å². The highest BCUT2D eigenvalue weighted by Gasteiger charge is 2.17. The van der Waals surface area contributed by atoms with Crippen molar-refractivity contribution < 1.29 is 10.0 Å². The molecule has 10 aromatic rings. The van der Waals surface area contributed by atoms with Gasteiger partial charge in [-0.2, -0.15) is 0 Å². The first-order valence-electron chi connectivity index (χ1n) is 18.4. The largest absolute Gasteiger partial charge is 0.488 e. The van der Waals surface area contributed by atoms with E-state index in [1.165, 1.54) is 44.2 Å². The summed E-state index contributed by atoms with van der Waals surface area (Å²) in [5, 5.41) is 23.5. The zero-order valence-electron chi connectivity index (χ0n) is 30.6. The topological polar surface area (TPSA) is 50.3 Å². The summed E-state index contributed by atoms with van der Waals surface area (Å²) in [5.41, 5.74) is 11.2. The predicted molar refractivity (Wildman–Crippen MR) is 243 cm³/mol. The first-order valence-corrected chi connectivity index (χ1v) is 20.0. The molecule has 0 aliphatic heterocycles. The molecule has 2 heterocycles. The first-order chi connectivity index (χ1) is 27.4. The first kappa shape index (κ1) is 37.2. The molecule has 0 bridgehead atoms. The zero-order chi connectivity index (χ0) is 38.6. The second-order valence-corrected chi connectivity index (χ2v) is 15.4. The van der Waals surface area contributed by atoms with Gasteiger partial charge in [0.2, 0.25) is 0 Å². The van der Waals surface area contributed by atoms with Gasteiger partial charge in [-0.25, -0.2) is 0 Å². The standard InChI is InChI=1S/C24H16BrN.C18H14BNO2.C7H7Br/c25-19-13-10-17(11-14-19)18-12-15-24-22(16-18)21-8-4-5-9-23(21)26(24)20-6-2-1-3-7-20;21-19(22)13-10-11-18-16(12-13)15-8-4-5-9-17(15)20(18)14-6-2-1-3-7-14;1-6-2-4-7(8)5-3-6/h1-16H;1-12,21-22H;2-5H,1H3. The molecule has 7 heteroatoms. The van der Waals surface area contributed by atoms with Crippen molar-refractivity contribution in [3.63, 3.8) is 0 Å². The molecule has 2 N–H and O–H groups in total. The van der Waals surface area contributed by atoms with Gasteiger partial charge in [-0.15, -0.1) is 0 Å². The second kappa shape index (κ2) is 16.6. The molecule has 0 atom stereocenters. The van der Waals surface area contributed by atoms with E-state index in [-0.39, 0.29) is 0 Å². The van der Waals surface area contributed by atoms with Crippen LogP contribution in [0.25, 0.3) is 66.1 Å². The van der Waals surface area contributed by atoms with Gasteiger partial charge in [0.25, 0.3) is 0 Å². The van der Waals surface area contributed by atoms with E-state index in [4.69, 9.17) is 0 Å². The fourth-order valence-electron chi connectivity index (χ4n) is 7.19. The molecule has 0 fully saturated rings. The highest BCUT2D eigenvalue weighted by atomic mass is 79.9. The van der Waals surface area contributed by atoms with Crippen molar-refractivity contribution in [3.8, 4) is 22.5 Å². The third-order valence-electron chi connectivity index (χ3n) is 9.88. The summed E-state index contributed by atoms with van der Waals surface area (Å²) >= 11 is 6.86. The van der Waals surface area contributed by atoms with E-state index < -0.39 is 7.12 Å². The van der Waals surface area contributed by atoms with Crippen LogP contribution in [-0.2, 0) is 0 Å². The van der Waals surface area contributed by atoms with Crippen LogP contribution in [0.1, 0.15) is 5.56 Å². The van der Waals surface area contributed by atoms with E-state index >= 15 is 0 Å². The van der Waals surface area contributed by atoms with Gasteiger partial charge in [-0.05, 0) is 102 Å². The molecule has 0 saturated heterocycles. The Morgan fingerprint density at radius 3 is 1.30 bits per heavy atom. The number of rotatable bonds is 4. The summed E-state index contributed by atoms with van der Waals surface area (Å²) in [5.74, 6) is 0. The number of hydrogen-bond donors (Lipinski definition) is 2. The minimum Gasteiger partial charge on any atom is -0.423 e. The van der Waals surface area contributed by atoms with Gasteiger partial charge in [0.1, 0.15) is 0 Å². The Labute approximate surface area is 343 Å². The Kier molecular flexibility index (Phi) is 11.0. The zero-order valence-corrected chi connectivity index (χ0v) is 33.8. The van der Waals surface area contributed by atoms with Crippen LogP contribution in [0.15, 0.2) is 203 Å². The summed E-state index contributed by atoms with van der Waals surface area (Å²) in [6, 6.07) is 66.5. The normalized spacial score (nSPS) is 10.9. The number of benzene rings is 8. The third kappa shape index (κ3) is 7.72. The molecule has 4 nitrogen and oxygen atoms in total. The van der Waals surface area contributed by atoms with Gasteiger partial charge in [-0.3, -0.25) is 0 Å². The van der Waals surface area contributed by atoms with Gasteiger partial charge in [0.15, 0.2) is 0 Å². The maximum absolute atomic E-state index is 9.43. The van der Waals surface area contributed by atoms with Crippen molar-refractivity contribution in [2.75, 3.05) is 0 Å². The summed E-state index contributed by atoms with van der Waals surface area (Å²) < 4.78 is 6.78. The molecule has 2 aromatic heterocycles. The monoisotopic (exact) mass is 854 g/mol. The van der Waals surface area contributed by atoms with Crippen LogP contribution >= 0.6 is 31.9 Å². The number of fused-ring (bicyclic) bond motifs is 6. The SMILES string of the molecule is Brc1ccc(-c2ccc3c(c2)c2ccccc2n3-c2ccccc2)cc1.Cc1ccc(Br)cc1.OB(O)c1ccc2c(c1)c1ccccc1n2-c1ccccc1. The number of aromatic nitrogens is 2. The summed E-state index contributed by atoms with van der Waals surface area (Å²) in [7, 11) is -1.46. The molecule has 10 rings (SSSR count). The van der Waals surface area contributed by atoms with E-state index in [0.717, 1.165) is 36.4 Å². The lowest BCUT2D eigenvalue weighted by Gasteiger charge is -2.08. The Bertz CT molecular complexity index is 2880. The lowest BCUT2D eigenvalue weighted by molar-refractivity contribution is 0.426. The third-order valence-corrected chi connectivity index (χ3v) is 10.9. The Hall–Kier alpha value is -5.70. The lowest BCUT2D eigenvalue weighted by atomic mass is 9.80. The van der Waals surface area contributed by atoms with Crippen LogP contribution in [0, 0.1) is 6.92 Å². The molecule has 0 aliphatic rings. The van der Waals surface area contributed by atoms with Gasteiger partial charge >= 0.3 is 7.12 Å². The number of aryl methyl sites for hydroxylation is 1. The van der Waals surface area contributed by atoms with E-state index in [9.17, 15) is 10.0 Å². The molecule has 0 radical (unpaired) electrons. The summed E-state index contributed by atoms with van der Waals surface area (Å²) in [4.78, 5) is 0. The van der Waals surface area contributed by atoms with E-state index in [0.29, 0.717) is 5.46 Å². The molecular formula is C49H37BBr2N2O2. The molecule has 0 unspecified atom stereocenters. The predicted octanol–water partition coefficient (Wildman–Crippen LogP) is 12.4. The Morgan fingerprint density at radius 1 is 0.393 bits per heavy atom. The van der Waals surface area contributed by atoms with Crippen LogP contribution < -0.4 is 5.46 Å². The molecule has 272 valence electrons. The van der Waals surface area contributed by atoms with Crippen molar-refractivity contribution in [3.05, 3.63) is 209 Å². The Balaban J connectivity index is 0.000000133. The molecule has 0 saturated carbocycles. The maximum Gasteiger partial charge on any atom is 0.488 e. The Morgan fingerprint density at radius 2 is 0.804 bits per heavy atom. The summed E-state index contributed by atoms with van der Waals surface area (Å²) in [6.07, 6.45) is 0. The lowest BCUT2D eigenvalue weighted by Crippen LogP contribution is -2.29. The van der Waals surface area contributed by atoms with Crippen LogP contribution in [0.4, 0.5) is 0 Å². The smallest absolute Gasteiger partial charge is 0.423 e. The molecule has 0 amide bonds. The highest BCUT2D eigenvalue weighted by Crippen LogP contribution is 2.35. The molecule has 0 spiro atoms. The minimum atomic E-state index is -1.46. The van der Waals surface area contributed by atoms with Crippen LogP contribution in [0.3, 0.4) is 0 Å². The molecule has 8 aromatic carbocycles. The molecular weight excluding hydrogens is 819 g/mol. The van der Waals surface area contributed by atoms with Crippen molar-refractivity contribution >= 4 is 88.1 Å². The summed E-state index contributed by atoms with van der Waals surface area (Å²) in [6.45, 7) is 2.08.